The monoisotopic (exact) mass is 495 g/mol. The second-order valence-corrected chi connectivity index (χ2v) is 10.2. The Hall–Kier alpha value is -4.12. The number of nitrogens with one attached hydrogen (secondary N) is 1. The Morgan fingerprint density at radius 2 is 1.86 bits per heavy atom. The lowest BCUT2D eigenvalue weighted by Crippen LogP contribution is -2.18. The minimum absolute atomic E-state index is 0.108. The highest BCUT2D eigenvalue weighted by molar-refractivity contribution is 7.90. The second kappa shape index (κ2) is 8.91. The first kappa shape index (κ1) is 24.0. The topological polar surface area (TPSA) is 137 Å². The number of hydrogen-bond acceptors (Lipinski definition) is 6. The Kier molecular flexibility index (Phi) is 6.12. The molecule has 2 aromatic carbocycles. The molecular formula is C24H22FN5O4S. The third-order valence-electron chi connectivity index (χ3n) is 5.55. The number of hydrogen-bond donors (Lipinski definition) is 2. The Balaban J connectivity index is 1.68. The summed E-state index contributed by atoms with van der Waals surface area (Å²) < 4.78 is 39.1. The lowest BCUT2D eigenvalue weighted by Gasteiger charge is -2.11. The summed E-state index contributed by atoms with van der Waals surface area (Å²) in [5.41, 5.74) is 7.78. The lowest BCUT2D eigenvalue weighted by atomic mass is 10.1. The molecule has 0 atom stereocenters. The molecule has 2 amide bonds. The van der Waals surface area contributed by atoms with Crippen molar-refractivity contribution in [1.82, 2.24) is 14.8 Å². The average molecular weight is 496 g/mol. The van der Waals surface area contributed by atoms with Gasteiger partial charge < -0.3 is 11.1 Å². The number of fused-ring (bicyclic) bond motifs is 1. The van der Waals surface area contributed by atoms with Crippen molar-refractivity contribution in [2.45, 2.75) is 25.3 Å². The zero-order chi connectivity index (χ0) is 25.5. The first-order valence-corrected chi connectivity index (χ1v) is 12.4. The average Bonchev–Trinajstić information content (AvgIpc) is 3.04. The van der Waals surface area contributed by atoms with Gasteiger partial charge in [-0.05, 0) is 49.7 Å². The van der Waals surface area contributed by atoms with Crippen molar-refractivity contribution >= 4 is 38.2 Å². The summed E-state index contributed by atoms with van der Waals surface area (Å²) in [7, 11) is -3.36. The van der Waals surface area contributed by atoms with Crippen LogP contribution in [0.25, 0.3) is 10.9 Å². The number of sulfone groups is 1. The quantitative estimate of drug-likeness (QED) is 0.422. The standard InChI is InChI=1S/C24H22FN5O4S/c1-13-22(14(2)30(29-13)12-15-5-4-6-17(9-15)35(3,33)34)28-24(32)19-11-21(23(26)31)27-20-10-16(25)7-8-18(19)20/h4-11H,12H2,1-3H3,(H2,26,31)(H,28,32). The van der Waals surface area contributed by atoms with Gasteiger partial charge in [-0.25, -0.2) is 17.8 Å². The summed E-state index contributed by atoms with van der Waals surface area (Å²) in [5, 5.41) is 7.65. The SMILES string of the molecule is Cc1nn(Cc2cccc(S(C)(=O)=O)c2)c(C)c1NC(=O)c1cc(C(N)=O)nc2cc(F)ccc12. The van der Waals surface area contributed by atoms with E-state index in [9.17, 15) is 22.4 Å². The highest BCUT2D eigenvalue weighted by atomic mass is 32.2. The van der Waals surface area contributed by atoms with Gasteiger partial charge in [-0.2, -0.15) is 5.10 Å². The Bertz CT molecular complexity index is 1610. The van der Waals surface area contributed by atoms with Gasteiger partial charge in [0.2, 0.25) is 0 Å². The summed E-state index contributed by atoms with van der Waals surface area (Å²) in [6, 6.07) is 11.6. The molecule has 2 heterocycles. The number of halogens is 1. The number of rotatable bonds is 6. The fourth-order valence-electron chi connectivity index (χ4n) is 3.78. The predicted molar refractivity (Wildman–Crippen MR) is 129 cm³/mol. The Morgan fingerprint density at radius 3 is 2.54 bits per heavy atom. The number of benzene rings is 2. The number of carbonyl (C=O) groups excluding carboxylic acids is 2. The minimum Gasteiger partial charge on any atom is -0.364 e. The van der Waals surface area contributed by atoms with Gasteiger partial charge in [0.15, 0.2) is 9.84 Å². The molecule has 4 rings (SSSR count). The van der Waals surface area contributed by atoms with E-state index in [1.165, 1.54) is 24.3 Å². The number of primary amides is 1. The van der Waals surface area contributed by atoms with Crippen LogP contribution in [0.1, 0.15) is 37.8 Å². The zero-order valence-electron chi connectivity index (χ0n) is 19.2. The number of nitrogens with zero attached hydrogens (tertiary/aromatic N) is 3. The van der Waals surface area contributed by atoms with Crippen LogP contribution in [0.3, 0.4) is 0 Å². The molecule has 0 spiro atoms. The van der Waals surface area contributed by atoms with Gasteiger partial charge in [-0.1, -0.05) is 12.1 Å². The van der Waals surface area contributed by atoms with Crippen LogP contribution in [0.15, 0.2) is 53.4 Å². The van der Waals surface area contributed by atoms with Crippen LogP contribution >= 0.6 is 0 Å². The van der Waals surface area contributed by atoms with Crippen molar-refractivity contribution in [3.63, 3.8) is 0 Å². The first-order valence-electron chi connectivity index (χ1n) is 10.5. The van der Waals surface area contributed by atoms with Gasteiger partial charge in [0.25, 0.3) is 11.8 Å². The van der Waals surface area contributed by atoms with E-state index in [-0.39, 0.29) is 28.2 Å². The molecule has 35 heavy (non-hydrogen) atoms. The number of aromatic nitrogens is 3. The molecule has 9 nitrogen and oxygen atoms in total. The van der Waals surface area contributed by atoms with E-state index in [1.54, 1.807) is 36.7 Å². The lowest BCUT2D eigenvalue weighted by molar-refractivity contribution is 0.0996. The number of anilines is 1. The van der Waals surface area contributed by atoms with E-state index in [4.69, 9.17) is 5.73 Å². The normalized spacial score (nSPS) is 11.5. The number of nitrogens with two attached hydrogens (primary N) is 1. The van der Waals surface area contributed by atoms with Crippen LogP contribution in [0.5, 0.6) is 0 Å². The van der Waals surface area contributed by atoms with Gasteiger partial charge in [-0.3, -0.25) is 14.3 Å². The van der Waals surface area contributed by atoms with E-state index < -0.39 is 27.5 Å². The third kappa shape index (κ3) is 4.90. The summed E-state index contributed by atoms with van der Waals surface area (Å²) in [6.45, 7) is 3.78. The van der Waals surface area contributed by atoms with Crippen molar-refractivity contribution in [2.75, 3.05) is 11.6 Å². The van der Waals surface area contributed by atoms with Gasteiger partial charge in [-0.15, -0.1) is 0 Å². The first-order chi connectivity index (χ1) is 16.4. The van der Waals surface area contributed by atoms with Crippen LogP contribution in [-0.2, 0) is 16.4 Å². The van der Waals surface area contributed by atoms with E-state index in [2.05, 4.69) is 15.4 Å². The zero-order valence-corrected chi connectivity index (χ0v) is 20.0. The van der Waals surface area contributed by atoms with Gasteiger partial charge in [0.1, 0.15) is 11.5 Å². The minimum atomic E-state index is -3.36. The Labute approximate surface area is 200 Å². The Morgan fingerprint density at radius 1 is 1.11 bits per heavy atom. The summed E-state index contributed by atoms with van der Waals surface area (Å²) in [6.07, 6.45) is 1.14. The molecule has 0 aliphatic rings. The van der Waals surface area contributed by atoms with Gasteiger partial charge in [0, 0.05) is 17.7 Å². The fraction of sp³-hybridized carbons (Fsp3) is 0.167. The van der Waals surface area contributed by atoms with E-state index in [1.807, 2.05) is 0 Å². The molecular weight excluding hydrogens is 473 g/mol. The van der Waals surface area contributed by atoms with Crippen LogP contribution in [0.2, 0.25) is 0 Å². The fourth-order valence-corrected chi connectivity index (χ4v) is 4.47. The number of carbonyl (C=O) groups is 2. The molecule has 0 aliphatic heterocycles. The van der Waals surface area contributed by atoms with E-state index >= 15 is 0 Å². The highest BCUT2D eigenvalue weighted by Gasteiger charge is 2.20. The molecule has 0 aliphatic carbocycles. The molecule has 180 valence electrons. The van der Waals surface area contributed by atoms with Gasteiger partial charge in [0.05, 0.1) is 39.6 Å². The van der Waals surface area contributed by atoms with Crippen LogP contribution in [0.4, 0.5) is 10.1 Å². The maximum Gasteiger partial charge on any atom is 0.267 e. The molecule has 0 bridgehead atoms. The maximum absolute atomic E-state index is 13.7. The number of aryl methyl sites for hydroxylation is 1. The molecule has 0 saturated carbocycles. The second-order valence-electron chi connectivity index (χ2n) is 8.16. The predicted octanol–water partition coefficient (Wildman–Crippen LogP) is 2.99. The molecule has 2 aromatic heterocycles. The largest absolute Gasteiger partial charge is 0.364 e. The maximum atomic E-state index is 13.7. The van der Waals surface area contributed by atoms with Crippen LogP contribution < -0.4 is 11.1 Å². The highest BCUT2D eigenvalue weighted by Crippen LogP contribution is 2.25. The molecule has 0 fully saturated rings. The van der Waals surface area contributed by atoms with Crippen LogP contribution in [0, 0.1) is 19.7 Å². The van der Waals surface area contributed by atoms with Crippen molar-refractivity contribution in [1.29, 1.82) is 0 Å². The molecule has 4 aromatic rings. The van der Waals surface area contributed by atoms with E-state index in [0.29, 0.717) is 22.5 Å². The molecule has 11 heteroatoms. The van der Waals surface area contributed by atoms with Crippen molar-refractivity contribution in [2.24, 2.45) is 5.73 Å². The number of pyridine rings is 1. The summed E-state index contributed by atoms with van der Waals surface area (Å²) in [5.74, 6) is -1.95. The van der Waals surface area contributed by atoms with Crippen molar-refractivity contribution in [3.8, 4) is 0 Å². The van der Waals surface area contributed by atoms with Crippen molar-refractivity contribution < 1.29 is 22.4 Å². The summed E-state index contributed by atoms with van der Waals surface area (Å²) >= 11 is 0. The molecule has 0 saturated heterocycles. The molecule has 3 N–H and O–H groups in total. The third-order valence-corrected chi connectivity index (χ3v) is 6.66. The van der Waals surface area contributed by atoms with E-state index in [0.717, 1.165) is 17.9 Å². The van der Waals surface area contributed by atoms with Gasteiger partial charge >= 0.3 is 0 Å². The van der Waals surface area contributed by atoms with Crippen LogP contribution in [-0.4, -0.2) is 41.3 Å². The molecule has 0 unspecified atom stereocenters. The number of amides is 2. The van der Waals surface area contributed by atoms with Crippen molar-refractivity contribution in [3.05, 3.63) is 82.6 Å². The summed E-state index contributed by atoms with van der Waals surface area (Å²) in [4.78, 5) is 29.2. The molecule has 0 radical (unpaired) electrons. The smallest absolute Gasteiger partial charge is 0.267 e.